The predicted molar refractivity (Wildman–Crippen MR) is 149 cm³/mol. The molecule has 0 saturated carbocycles. The Kier molecular flexibility index (Phi) is 6.66. The number of nitrogens with one attached hydrogen (secondary N) is 1. The van der Waals surface area contributed by atoms with E-state index < -0.39 is 5.91 Å². The minimum atomic E-state index is -0.564. The topological polar surface area (TPSA) is 146 Å². The normalized spacial score (nSPS) is 11.2. The second-order valence-electron chi connectivity index (χ2n) is 8.73. The number of ether oxygens (including phenoxy) is 1. The van der Waals surface area contributed by atoms with Gasteiger partial charge in [0, 0.05) is 5.56 Å². The molecule has 2 heterocycles. The SMILES string of the molecule is Nc1nonc1-n1nnc(C(=O)N/N=C/c2ccc(OCc3cccc4ccccc34)cc2)c1-c1ccccc1. The van der Waals surface area contributed by atoms with Crippen LogP contribution in [0.1, 0.15) is 21.6 Å². The summed E-state index contributed by atoms with van der Waals surface area (Å²) >= 11 is 0. The van der Waals surface area contributed by atoms with Crippen molar-refractivity contribution >= 4 is 28.7 Å². The summed E-state index contributed by atoms with van der Waals surface area (Å²) in [6, 6.07) is 30.9. The van der Waals surface area contributed by atoms with Gasteiger partial charge in [-0.15, -0.1) is 5.10 Å². The van der Waals surface area contributed by atoms with E-state index in [4.69, 9.17) is 15.1 Å². The van der Waals surface area contributed by atoms with Gasteiger partial charge in [-0.05, 0) is 56.5 Å². The smallest absolute Gasteiger partial charge is 0.294 e. The first kappa shape index (κ1) is 24.5. The Morgan fingerprint density at radius 2 is 1.73 bits per heavy atom. The quantitative estimate of drug-likeness (QED) is 0.218. The van der Waals surface area contributed by atoms with E-state index in [-0.39, 0.29) is 17.3 Å². The van der Waals surface area contributed by atoms with Crippen LogP contribution in [0.4, 0.5) is 5.82 Å². The summed E-state index contributed by atoms with van der Waals surface area (Å²) in [5.41, 5.74) is 11.3. The number of nitrogen functional groups attached to an aromatic ring is 1. The number of rotatable bonds is 8. The molecule has 1 amide bonds. The van der Waals surface area contributed by atoms with E-state index in [1.54, 1.807) is 0 Å². The number of nitrogens with two attached hydrogens (primary N) is 1. The maximum absolute atomic E-state index is 13.0. The number of hydrogen-bond acceptors (Lipinski definition) is 9. The summed E-state index contributed by atoms with van der Waals surface area (Å²) in [7, 11) is 0. The molecule has 0 atom stereocenters. The van der Waals surface area contributed by atoms with E-state index in [1.165, 1.54) is 21.7 Å². The van der Waals surface area contributed by atoms with Crippen molar-refractivity contribution in [1.29, 1.82) is 0 Å². The van der Waals surface area contributed by atoms with Crippen LogP contribution in [-0.2, 0) is 6.61 Å². The lowest BCUT2D eigenvalue weighted by molar-refractivity contribution is 0.0950. The molecule has 11 nitrogen and oxygen atoms in total. The summed E-state index contributed by atoms with van der Waals surface area (Å²) in [5, 5.41) is 21.9. The minimum Gasteiger partial charge on any atom is -0.489 e. The molecule has 0 saturated heterocycles. The molecule has 3 N–H and O–H groups in total. The maximum atomic E-state index is 13.0. The number of aromatic nitrogens is 5. The van der Waals surface area contributed by atoms with E-state index in [2.05, 4.69) is 55.4 Å². The molecule has 11 heteroatoms. The van der Waals surface area contributed by atoms with E-state index in [1.807, 2.05) is 72.8 Å². The average molecular weight is 531 g/mol. The third kappa shape index (κ3) is 4.98. The van der Waals surface area contributed by atoms with Crippen LogP contribution in [0, 0.1) is 0 Å². The Balaban J connectivity index is 1.14. The van der Waals surface area contributed by atoms with Crippen molar-refractivity contribution in [3.63, 3.8) is 0 Å². The zero-order chi connectivity index (χ0) is 27.3. The number of benzene rings is 4. The van der Waals surface area contributed by atoms with Crippen molar-refractivity contribution in [3.8, 4) is 22.8 Å². The average Bonchev–Trinajstić information content (AvgIpc) is 3.63. The fraction of sp³-hybridized carbons (Fsp3) is 0.0345. The van der Waals surface area contributed by atoms with Gasteiger partial charge >= 0.3 is 0 Å². The molecule has 2 aromatic heterocycles. The molecule has 196 valence electrons. The molecule has 0 aliphatic rings. The van der Waals surface area contributed by atoms with Gasteiger partial charge in [-0.1, -0.05) is 78.0 Å². The number of hydrazone groups is 1. The lowest BCUT2D eigenvalue weighted by Gasteiger charge is -2.09. The first-order chi connectivity index (χ1) is 19.7. The third-order valence-corrected chi connectivity index (χ3v) is 6.16. The summed E-state index contributed by atoms with van der Waals surface area (Å²) in [6.07, 6.45) is 1.53. The summed E-state index contributed by atoms with van der Waals surface area (Å²) < 4.78 is 12.0. The molecule has 0 aliphatic carbocycles. The highest BCUT2D eigenvalue weighted by Gasteiger charge is 2.25. The number of anilines is 1. The second kappa shape index (κ2) is 10.9. The fourth-order valence-corrected chi connectivity index (χ4v) is 4.22. The Labute approximate surface area is 227 Å². The highest BCUT2D eigenvalue weighted by atomic mass is 16.6. The van der Waals surface area contributed by atoms with Crippen LogP contribution in [-0.4, -0.2) is 37.4 Å². The number of carbonyl (C=O) groups excluding carboxylic acids is 1. The molecule has 0 aliphatic heterocycles. The summed E-state index contributed by atoms with van der Waals surface area (Å²) in [5.74, 6) is 0.291. The van der Waals surface area contributed by atoms with Gasteiger partial charge < -0.3 is 10.5 Å². The Hall–Kier alpha value is -5.84. The van der Waals surface area contributed by atoms with Crippen molar-refractivity contribution in [1.82, 2.24) is 30.7 Å². The van der Waals surface area contributed by atoms with Crippen LogP contribution in [0.5, 0.6) is 5.75 Å². The number of fused-ring (bicyclic) bond motifs is 1. The molecule has 0 bridgehead atoms. The Morgan fingerprint density at radius 1 is 0.950 bits per heavy atom. The molecule has 6 aromatic rings. The zero-order valence-corrected chi connectivity index (χ0v) is 21.0. The second-order valence-corrected chi connectivity index (χ2v) is 8.73. The first-order valence-electron chi connectivity index (χ1n) is 12.3. The van der Waals surface area contributed by atoms with E-state index in [0.717, 1.165) is 16.9 Å². The molecule has 6 rings (SSSR count). The van der Waals surface area contributed by atoms with Gasteiger partial charge in [0.05, 0.1) is 6.21 Å². The first-order valence-corrected chi connectivity index (χ1v) is 12.3. The Morgan fingerprint density at radius 3 is 2.52 bits per heavy atom. The van der Waals surface area contributed by atoms with Crippen molar-refractivity contribution < 1.29 is 14.2 Å². The zero-order valence-electron chi connectivity index (χ0n) is 21.0. The minimum absolute atomic E-state index is 0.0107. The highest BCUT2D eigenvalue weighted by Crippen LogP contribution is 2.26. The lowest BCUT2D eigenvalue weighted by atomic mass is 10.1. The van der Waals surface area contributed by atoms with Crippen LogP contribution in [0.3, 0.4) is 0 Å². The lowest BCUT2D eigenvalue weighted by Crippen LogP contribution is -2.19. The highest BCUT2D eigenvalue weighted by molar-refractivity contribution is 5.98. The van der Waals surface area contributed by atoms with Gasteiger partial charge in [-0.2, -0.15) is 9.78 Å². The van der Waals surface area contributed by atoms with Crippen LogP contribution in [0.2, 0.25) is 0 Å². The van der Waals surface area contributed by atoms with Crippen molar-refractivity contribution in [3.05, 3.63) is 114 Å². The standard InChI is InChI=1S/C29H22N8O3/c30-27-28(35-40-34-27)37-26(21-8-2-1-3-9-21)25(32-36-37)29(38)33-31-17-19-13-15-23(16-14-19)39-18-22-11-6-10-20-7-4-5-12-24(20)22/h1-17H,18H2,(H2,30,34)(H,33,38)/b31-17+. The monoisotopic (exact) mass is 530 g/mol. The summed E-state index contributed by atoms with van der Waals surface area (Å²) in [6.45, 7) is 0.450. The largest absolute Gasteiger partial charge is 0.489 e. The number of nitrogens with zero attached hydrogens (tertiary/aromatic N) is 6. The van der Waals surface area contributed by atoms with Gasteiger partial charge in [0.2, 0.25) is 11.6 Å². The number of carbonyl (C=O) groups is 1. The van der Waals surface area contributed by atoms with Crippen LogP contribution in [0.25, 0.3) is 27.8 Å². The molecule has 0 spiro atoms. The van der Waals surface area contributed by atoms with Crippen molar-refractivity contribution in [2.45, 2.75) is 6.61 Å². The summed E-state index contributed by atoms with van der Waals surface area (Å²) in [4.78, 5) is 13.0. The van der Waals surface area contributed by atoms with E-state index in [9.17, 15) is 4.79 Å². The van der Waals surface area contributed by atoms with Crippen molar-refractivity contribution in [2.75, 3.05) is 5.73 Å². The Bertz CT molecular complexity index is 1810. The molecule has 0 unspecified atom stereocenters. The molecule has 0 fully saturated rings. The molecule has 40 heavy (non-hydrogen) atoms. The third-order valence-electron chi connectivity index (χ3n) is 6.16. The van der Waals surface area contributed by atoms with Gasteiger partial charge in [0.15, 0.2) is 5.69 Å². The van der Waals surface area contributed by atoms with Gasteiger partial charge in [0.1, 0.15) is 18.1 Å². The van der Waals surface area contributed by atoms with Gasteiger partial charge in [0.25, 0.3) is 5.91 Å². The van der Waals surface area contributed by atoms with E-state index in [0.29, 0.717) is 17.9 Å². The van der Waals surface area contributed by atoms with Crippen LogP contribution in [0.15, 0.2) is 107 Å². The van der Waals surface area contributed by atoms with Crippen LogP contribution >= 0.6 is 0 Å². The van der Waals surface area contributed by atoms with E-state index >= 15 is 0 Å². The van der Waals surface area contributed by atoms with Gasteiger partial charge in [-0.25, -0.2) is 10.1 Å². The molecular formula is C29H22N8O3. The fourth-order valence-electron chi connectivity index (χ4n) is 4.22. The van der Waals surface area contributed by atoms with Crippen LogP contribution < -0.4 is 15.9 Å². The number of hydrogen-bond donors (Lipinski definition) is 2. The number of amides is 1. The molecule has 4 aromatic carbocycles. The predicted octanol–water partition coefficient (Wildman–Crippen LogP) is 4.40. The van der Waals surface area contributed by atoms with Gasteiger partial charge in [-0.3, -0.25) is 4.79 Å². The van der Waals surface area contributed by atoms with Crippen molar-refractivity contribution in [2.24, 2.45) is 5.10 Å². The molecular weight excluding hydrogens is 508 g/mol. The molecule has 0 radical (unpaired) electrons. The maximum Gasteiger partial charge on any atom is 0.294 e.